The largest absolute Gasteiger partial charge is 0.311 e. The topological polar surface area (TPSA) is 61.0 Å². The number of aromatic nitrogens is 3. The van der Waals surface area contributed by atoms with E-state index in [1.165, 1.54) is 16.4 Å². The van der Waals surface area contributed by atoms with Gasteiger partial charge >= 0.3 is 0 Å². The molecule has 8 aromatic rings. The Morgan fingerprint density at radius 2 is 1.06 bits per heavy atom. The van der Waals surface area contributed by atoms with Crippen molar-refractivity contribution in [2.24, 2.45) is 0 Å². The molecule has 0 bridgehead atoms. The average Bonchev–Trinajstić information content (AvgIpc) is 3.49. The molecule has 2 aliphatic rings. The van der Waals surface area contributed by atoms with Gasteiger partial charge in [0.15, 0.2) is 0 Å². The smallest absolute Gasteiger partial charge is 0.252 e. The summed E-state index contributed by atoms with van der Waals surface area (Å²) in [7, 11) is 0. The highest BCUT2D eigenvalue weighted by Crippen LogP contribution is 2.43. The number of nitrogens with zero attached hydrogens (tertiary/aromatic N) is 6. The van der Waals surface area contributed by atoms with Crippen LogP contribution in [0, 0.1) is 11.3 Å². The van der Waals surface area contributed by atoms with Crippen LogP contribution >= 0.6 is 0 Å². The van der Waals surface area contributed by atoms with Crippen LogP contribution in [-0.4, -0.2) is 21.2 Å². The van der Waals surface area contributed by atoms with Gasteiger partial charge in [-0.15, -0.1) is 0 Å². The van der Waals surface area contributed by atoms with Gasteiger partial charge in [-0.2, -0.15) is 10.2 Å². The van der Waals surface area contributed by atoms with Crippen molar-refractivity contribution in [1.29, 1.82) is 5.26 Å². The van der Waals surface area contributed by atoms with Crippen molar-refractivity contribution < 1.29 is 0 Å². The number of fused-ring (bicyclic) bond motifs is 7. The molecule has 6 aromatic carbocycles. The van der Waals surface area contributed by atoms with E-state index in [0.717, 1.165) is 50.2 Å². The first-order valence-electron chi connectivity index (χ1n) is 16.0. The van der Waals surface area contributed by atoms with Crippen molar-refractivity contribution in [3.8, 4) is 11.9 Å². The van der Waals surface area contributed by atoms with Gasteiger partial charge in [0.25, 0.3) is 6.71 Å². The van der Waals surface area contributed by atoms with Gasteiger partial charge in [0.1, 0.15) is 17.6 Å². The van der Waals surface area contributed by atoms with Gasteiger partial charge in [-0.05, 0) is 64.9 Å². The summed E-state index contributed by atoms with van der Waals surface area (Å²) in [6.07, 6.45) is 0. The monoisotopic (exact) mass is 612 g/mol. The zero-order chi connectivity index (χ0) is 31.8. The summed E-state index contributed by atoms with van der Waals surface area (Å²) in [6.45, 7) is 0.00997. The predicted octanol–water partition coefficient (Wildman–Crippen LogP) is 7.53. The van der Waals surface area contributed by atoms with Crippen LogP contribution in [0.3, 0.4) is 0 Å². The molecule has 0 aliphatic carbocycles. The lowest BCUT2D eigenvalue weighted by atomic mass is 9.33. The molecule has 0 radical (unpaired) electrons. The van der Waals surface area contributed by atoms with E-state index in [0.29, 0.717) is 17.5 Å². The van der Waals surface area contributed by atoms with Crippen LogP contribution in [0.25, 0.3) is 27.6 Å². The molecule has 0 spiro atoms. The van der Waals surface area contributed by atoms with Crippen LogP contribution < -0.4 is 26.2 Å². The number of rotatable bonds is 3. The Labute approximate surface area is 277 Å². The molecule has 0 amide bonds. The van der Waals surface area contributed by atoms with E-state index >= 15 is 0 Å². The third-order valence-electron chi connectivity index (χ3n) is 9.65. The Bertz CT molecular complexity index is 2570. The Balaban J connectivity index is 1.26. The van der Waals surface area contributed by atoms with E-state index in [2.05, 4.69) is 154 Å². The van der Waals surface area contributed by atoms with E-state index < -0.39 is 0 Å². The molecule has 4 heterocycles. The molecule has 0 atom stereocenters. The predicted molar refractivity (Wildman–Crippen MR) is 195 cm³/mol. The Morgan fingerprint density at radius 1 is 0.521 bits per heavy atom. The molecular weight excluding hydrogens is 587 g/mol. The molecule has 0 fully saturated rings. The Morgan fingerprint density at radius 3 is 1.73 bits per heavy atom. The zero-order valence-electron chi connectivity index (χ0n) is 25.7. The fourth-order valence-electron chi connectivity index (χ4n) is 7.77. The number of benzene rings is 6. The van der Waals surface area contributed by atoms with Crippen molar-refractivity contribution in [2.45, 2.75) is 0 Å². The van der Waals surface area contributed by atoms with Gasteiger partial charge in [0, 0.05) is 45.3 Å². The maximum atomic E-state index is 10.3. The summed E-state index contributed by atoms with van der Waals surface area (Å²) >= 11 is 0. The maximum absolute atomic E-state index is 10.3. The molecule has 2 aromatic heterocycles. The first-order chi connectivity index (χ1) is 23.8. The first-order valence-corrected chi connectivity index (χ1v) is 16.0. The quantitative estimate of drug-likeness (QED) is 0.193. The third-order valence-corrected chi connectivity index (χ3v) is 9.65. The van der Waals surface area contributed by atoms with Gasteiger partial charge in [-0.3, -0.25) is 9.47 Å². The number of para-hydroxylation sites is 5. The van der Waals surface area contributed by atoms with Crippen LogP contribution in [0.4, 0.5) is 34.4 Å². The first kappa shape index (κ1) is 26.6. The second-order valence-corrected chi connectivity index (χ2v) is 12.2. The third kappa shape index (κ3) is 3.68. The Hall–Kier alpha value is -6.65. The van der Waals surface area contributed by atoms with E-state index in [9.17, 15) is 5.26 Å². The Kier molecular flexibility index (Phi) is 5.63. The number of hydrogen-bond acceptors (Lipinski definition) is 5. The lowest BCUT2D eigenvalue weighted by Gasteiger charge is -2.43. The molecule has 222 valence electrons. The molecule has 10 rings (SSSR count). The van der Waals surface area contributed by atoms with Crippen LogP contribution in [-0.2, 0) is 0 Å². The summed E-state index contributed by atoms with van der Waals surface area (Å²) in [6, 6.07) is 55.0. The zero-order valence-corrected chi connectivity index (χ0v) is 25.7. The van der Waals surface area contributed by atoms with Crippen molar-refractivity contribution in [3.63, 3.8) is 0 Å². The maximum Gasteiger partial charge on any atom is 0.252 e. The summed E-state index contributed by atoms with van der Waals surface area (Å²) in [5.41, 5.74) is 11.3. The molecule has 0 N–H and O–H groups in total. The number of anilines is 6. The van der Waals surface area contributed by atoms with Gasteiger partial charge in [-0.25, -0.2) is 4.98 Å². The highest BCUT2D eigenvalue weighted by molar-refractivity contribution is 7.00. The summed E-state index contributed by atoms with van der Waals surface area (Å²) in [4.78, 5) is 14.7. The number of hydrogen-bond donors (Lipinski definition) is 0. The van der Waals surface area contributed by atoms with E-state index in [-0.39, 0.29) is 6.71 Å². The SMILES string of the molecule is N#Cc1cc(-n2c3ccccc3c3ccccc32)nc(N2c3ccccc3B3c4ccccc4N(c4ccccc4)c4cccc2c43)n1. The highest BCUT2D eigenvalue weighted by atomic mass is 15.3. The molecule has 2 aliphatic heterocycles. The minimum absolute atomic E-state index is 0.00997. The fraction of sp³-hybridized carbons (Fsp3) is 0. The standard InChI is InChI=1S/C41H25BN6/c43-26-27-25-39(47-33-19-8-4-15-29(33)30-16-5-9-20-34(30)47)45-41(44-27)48-36-22-11-7-18-32(36)42-31-17-6-10-21-35(31)46(28-13-2-1-3-14-28)37-23-12-24-38(48)40(37)42/h1-25H. The fourth-order valence-corrected chi connectivity index (χ4v) is 7.77. The summed E-state index contributed by atoms with van der Waals surface area (Å²) < 4.78 is 2.14. The van der Waals surface area contributed by atoms with Crippen LogP contribution in [0.5, 0.6) is 0 Å². The van der Waals surface area contributed by atoms with Crippen LogP contribution in [0.1, 0.15) is 5.69 Å². The minimum atomic E-state index is 0.00997. The number of nitriles is 1. The molecule has 6 nitrogen and oxygen atoms in total. The van der Waals surface area contributed by atoms with Gasteiger partial charge in [0.2, 0.25) is 5.95 Å². The lowest BCUT2D eigenvalue weighted by molar-refractivity contribution is 0.999. The summed E-state index contributed by atoms with van der Waals surface area (Å²) in [5, 5.41) is 12.6. The van der Waals surface area contributed by atoms with Gasteiger partial charge in [0.05, 0.1) is 11.0 Å². The van der Waals surface area contributed by atoms with Crippen molar-refractivity contribution >= 4 is 79.3 Å². The van der Waals surface area contributed by atoms with Crippen molar-refractivity contribution in [1.82, 2.24) is 14.5 Å². The molecule has 0 saturated heterocycles. The second-order valence-electron chi connectivity index (χ2n) is 12.2. The lowest BCUT2D eigenvalue weighted by Crippen LogP contribution is -2.61. The van der Waals surface area contributed by atoms with Crippen molar-refractivity contribution in [3.05, 3.63) is 157 Å². The van der Waals surface area contributed by atoms with Gasteiger partial charge in [-0.1, -0.05) is 97.1 Å². The molecule has 0 unspecified atom stereocenters. The molecule has 0 saturated carbocycles. The van der Waals surface area contributed by atoms with Crippen LogP contribution in [0.2, 0.25) is 0 Å². The average molecular weight is 613 g/mol. The second kappa shape index (κ2) is 10.2. The van der Waals surface area contributed by atoms with Crippen molar-refractivity contribution in [2.75, 3.05) is 9.80 Å². The van der Waals surface area contributed by atoms with Gasteiger partial charge < -0.3 is 4.90 Å². The summed E-state index contributed by atoms with van der Waals surface area (Å²) in [5.74, 6) is 1.10. The molecule has 48 heavy (non-hydrogen) atoms. The minimum Gasteiger partial charge on any atom is -0.311 e. The van der Waals surface area contributed by atoms with E-state index in [4.69, 9.17) is 9.97 Å². The van der Waals surface area contributed by atoms with Crippen LogP contribution in [0.15, 0.2) is 152 Å². The highest BCUT2D eigenvalue weighted by Gasteiger charge is 2.43. The van der Waals surface area contributed by atoms with E-state index in [1.807, 2.05) is 12.1 Å². The molecule has 7 heteroatoms. The normalized spacial score (nSPS) is 12.9. The van der Waals surface area contributed by atoms with E-state index in [1.54, 1.807) is 6.07 Å². The molecular formula is C41H25BN6.